The summed E-state index contributed by atoms with van der Waals surface area (Å²) in [5.41, 5.74) is 0. The van der Waals surface area contributed by atoms with Crippen molar-refractivity contribution in [1.29, 1.82) is 0 Å². The van der Waals surface area contributed by atoms with Gasteiger partial charge in [-0.1, -0.05) is 17.7 Å². The highest BCUT2D eigenvalue weighted by Crippen LogP contribution is 2.22. The molecule has 2 aliphatic heterocycles. The standard InChI is InChI=1S/C16H21ClN2O4S/c17-13-4-1-5-14(12-13)24(21,22)19-8-3-7-18(9-10-19)16(20)15-6-2-11-23-15/h1,4-5,12,15H,2-3,6-11H2. The second kappa shape index (κ2) is 7.39. The lowest BCUT2D eigenvalue weighted by molar-refractivity contribution is -0.140. The molecular weight excluding hydrogens is 352 g/mol. The van der Waals surface area contributed by atoms with Crippen LogP contribution in [0, 0.1) is 0 Å². The van der Waals surface area contributed by atoms with Crippen LogP contribution in [0.5, 0.6) is 0 Å². The lowest BCUT2D eigenvalue weighted by Crippen LogP contribution is -2.41. The van der Waals surface area contributed by atoms with E-state index in [2.05, 4.69) is 0 Å². The third-order valence-electron chi connectivity index (χ3n) is 4.41. The molecule has 0 spiro atoms. The fraction of sp³-hybridized carbons (Fsp3) is 0.562. The van der Waals surface area contributed by atoms with Gasteiger partial charge in [0, 0.05) is 37.8 Å². The van der Waals surface area contributed by atoms with Crippen molar-refractivity contribution in [2.75, 3.05) is 32.8 Å². The van der Waals surface area contributed by atoms with Gasteiger partial charge in [0.15, 0.2) is 0 Å². The van der Waals surface area contributed by atoms with E-state index < -0.39 is 10.0 Å². The highest BCUT2D eigenvalue weighted by molar-refractivity contribution is 7.89. The Morgan fingerprint density at radius 2 is 2.00 bits per heavy atom. The monoisotopic (exact) mass is 372 g/mol. The van der Waals surface area contributed by atoms with E-state index in [1.807, 2.05) is 0 Å². The lowest BCUT2D eigenvalue weighted by atomic mass is 10.2. The Hall–Kier alpha value is -1.15. The Morgan fingerprint density at radius 3 is 2.71 bits per heavy atom. The Balaban J connectivity index is 1.69. The maximum absolute atomic E-state index is 12.8. The highest BCUT2D eigenvalue weighted by atomic mass is 35.5. The molecule has 1 aromatic carbocycles. The summed E-state index contributed by atoms with van der Waals surface area (Å²) in [4.78, 5) is 14.4. The number of nitrogens with zero attached hydrogens (tertiary/aromatic N) is 2. The maximum Gasteiger partial charge on any atom is 0.251 e. The molecule has 0 radical (unpaired) electrons. The van der Waals surface area contributed by atoms with Crippen LogP contribution in [-0.2, 0) is 19.6 Å². The fourth-order valence-corrected chi connectivity index (χ4v) is 4.88. The van der Waals surface area contributed by atoms with Crippen LogP contribution in [0.3, 0.4) is 0 Å². The number of amides is 1. The number of sulfonamides is 1. The van der Waals surface area contributed by atoms with Gasteiger partial charge >= 0.3 is 0 Å². The van der Waals surface area contributed by atoms with Crippen LogP contribution in [-0.4, -0.2) is 62.4 Å². The van der Waals surface area contributed by atoms with Gasteiger partial charge in [0.2, 0.25) is 10.0 Å². The zero-order chi connectivity index (χ0) is 17.2. The molecule has 0 aromatic heterocycles. The lowest BCUT2D eigenvalue weighted by Gasteiger charge is -2.24. The SMILES string of the molecule is O=C(C1CCCO1)N1CCCN(S(=O)(=O)c2cccc(Cl)c2)CC1. The maximum atomic E-state index is 12.8. The van der Waals surface area contributed by atoms with Crippen LogP contribution in [0.4, 0.5) is 0 Å². The van der Waals surface area contributed by atoms with Crippen molar-refractivity contribution < 1.29 is 17.9 Å². The van der Waals surface area contributed by atoms with Gasteiger partial charge in [0.05, 0.1) is 4.90 Å². The first kappa shape index (κ1) is 17.7. The molecule has 0 saturated carbocycles. The molecule has 2 heterocycles. The Labute approximate surface area is 147 Å². The molecule has 0 aliphatic carbocycles. The van der Waals surface area contributed by atoms with Gasteiger partial charge < -0.3 is 9.64 Å². The molecule has 6 nitrogen and oxygen atoms in total. The molecule has 1 unspecified atom stereocenters. The van der Waals surface area contributed by atoms with Crippen molar-refractivity contribution in [3.8, 4) is 0 Å². The largest absolute Gasteiger partial charge is 0.368 e. The molecule has 1 aromatic rings. The van der Waals surface area contributed by atoms with Crippen LogP contribution in [0.1, 0.15) is 19.3 Å². The normalized spacial score (nSPS) is 23.2. The molecule has 3 rings (SSSR count). The summed E-state index contributed by atoms with van der Waals surface area (Å²) < 4.78 is 32.4. The summed E-state index contributed by atoms with van der Waals surface area (Å²) in [5, 5.41) is 0.390. The van der Waals surface area contributed by atoms with Gasteiger partial charge in [-0.05, 0) is 37.5 Å². The molecule has 0 bridgehead atoms. The number of carbonyl (C=O) groups is 1. The summed E-state index contributed by atoms with van der Waals surface area (Å²) in [5.74, 6) is -0.0190. The number of hydrogen-bond donors (Lipinski definition) is 0. The molecule has 2 aliphatic rings. The number of ether oxygens (including phenoxy) is 1. The zero-order valence-electron chi connectivity index (χ0n) is 13.4. The van der Waals surface area contributed by atoms with E-state index in [0.29, 0.717) is 37.7 Å². The molecule has 8 heteroatoms. The molecule has 1 atom stereocenters. The van der Waals surface area contributed by atoms with Crippen LogP contribution in [0.2, 0.25) is 5.02 Å². The summed E-state index contributed by atoms with van der Waals surface area (Å²) in [6.45, 7) is 2.25. The van der Waals surface area contributed by atoms with Crippen molar-refractivity contribution in [1.82, 2.24) is 9.21 Å². The minimum atomic E-state index is -3.60. The van der Waals surface area contributed by atoms with Gasteiger partial charge in [-0.25, -0.2) is 8.42 Å². The smallest absolute Gasteiger partial charge is 0.251 e. The van der Waals surface area contributed by atoms with Crippen LogP contribution in [0.25, 0.3) is 0 Å². The van der Waals surface area contributed by atoms with Gasteiger partial charge in [-0.2, -0.15) is 4.31 Å². The van der Waals surface area contributed by atoms with E-state index >= 15 is 0 Å². The Kier molecular flexibility index (Phi) is 5.44. The number of carbonyl (C=O) groups excluding carboxylic acids is 1. The first-order valence-corrected chi connectivity index (χ1v) is 9.96. The van der Waals surface area contributed by atoms with Crippen molar-refractivity contribution in [3.05, 3.63) is 29.3 Å². The third-order valence-corrected chi connectivity index (χ3v) is 6.54. The summed E-state index contributed by atoms with van der Waals surface area (Å²) >= 11 is 5.91. The van der Waals surface area contributed by atoms with Gasteiger partial charge in [0.1, 0.15) is 6.10 Å². The van der Waals surface area contributed by atoms with Gasteiger partial charge in [-0.15, -0.1) is 0 Å². The second-order valence-corrected chi connectivity index (χ2v) is 8.42. The predicted octanol–water partition coefficient (Wildman–Crippen LogP) is 1.74. The van der Waals surface area contributed by atoms with Crippen LogP contribution < -0.4 is 0 Å². The molecular formula is C16H21ClN2O4S. The fourth-order valence-electron chi connectivity index (χ4n) is 3.11. The molecule has 132 valence electrons. The predicted molar refractivity (Wildman–Crippen MR) is 90.4 cm³/mol. The highest BCUT2D eigenvalue weighted by Gasteiger charge is 2.32. The minimum absolute atomic E-state index is 0.0190. The van der Waals surface area contributed by atoms with Crippen molar-refractivity contribution >= 4 is 27.5 Å². The number of hydrogen-bond acceptors (Lipinski definition) is 4. The summed E-state index contributed by atoms with van der Waals surface area (Å²) in [6.07, 6.45) is 1.90. The van der Waals surface area contributed by atoms with E-state index in [4.69, 9.17) is 16.3 Å². The van der Waals surface area contributed by atoms with Gasteiger partial charge in [0.25, 0.3) is 5.91 Å². The molecule has 24 heavy (non-hydrogen) atoms. The van der Waals surface area contributed by atoms with Crippen molar-refractivity contribution in [2.45, 2.75) is 30.3 Å². The zero-order valence-corrected chi connectivity index (χ0v) is 14.9. The first-order valence-electron chi connectivity index (χ1n) is 8.14. The van der Waals surface area contributed by atoms with E-state index in [1.165, 1.54) is 10.4 Å². The van der Waals surface area contributed by atoms with Crippen LogP contribution >= 0.6 is 11.6 Å². The number of halogens is 1. The van der Waals surface area contributed by atoms with Crippen molar-refractivity contribution in [2.24, 2.45) is 0 Å². The molecule has 2 saturated heterocycles. The number of rotatable bonds is 3. The van der Waals surface area contributed by atoms with E-state index in [0.717, 1.165) is 12.8 Å². The van der Waals surface area contributed by atoms with E-state index in [-0.39, 0.29) is 23.5 Å². The molecule has 0 N–H and O–H groups in total. The first-order chi connectivity index (χ1) is 11.5. The quantitative estimate of drug-likeness (QED) is 0.810. The summed E-state index contributed by atoms with van der Waals surface area (Å²) in [6, 6.07) is 6.27. The molecule has 1 amide bonds. The average molecular weight is 373 g/mol. The Bertz CT molecular complexity index is 704. The summed E-state index contributed by atoms with van der Waals surface area (Å²) in [7, 11) is -3.60. The van der Waals surface area contributed by atoms with Crippen LogP contribution in [0.15, 0.2) is 29.2 Å². The second-order valence-electron chi connectivity index (χ2n) is 6.04. The van der Waals surface area contributed by atoms with Crippen molar-refractivity contribution in [3.63, 3.8) is 0 Å². The van der Waals surface area contributed by atoms with Gasteiger partial charge in [-0.3, -0.25) is 4.79 Å². The third kappa shape index (κ3) is 3.74. The van der Waals surface area contributed by atoms with E-state index in [1.54, 1.807) is 23.1 Å². The topological polar surface area (TPSA) is 66.9 Å². The Morgan fingerprint density at radius 1 is 1.17 bits per heavy atom. The minimum Gasteiger partial charge on any atom is -0.368 e. The number of benzene rings is 1. The average Bonchev–Trinajstić information content (AvgIpc) is 2.98. The van der Waals surface area contributed by atoms with E-state index in [9.17, 15) is 13.2 Å². The molecule has 2 fully saturated rings.